The van der Waals surface area contributed by atoms with Crippen LogP contribution in [0.5, 0.6) is 0 Å². The number of carbonyl (C=O) groups is 1. The van der Waals surface area contributed by atoms with E-state index in [4.69, 9.17) is 0 Å². The molecule has 0 radical (unpaired) electrons. The van der Waals surface area contributed by atoms with E-state index in [1.165, 1.54) is 0 Å². The molecule has 98 valence electrons. The van der Waals surface area contributed by atoms with Gasteiger partial charge in [0, 0.05) is 20.1 Å². The predicted octanol–water partition coefficient (Wildman–Crippen LogP) is 0.329. The number of likely N-dealkylation sites (N-methyl/N-ethyl adjacent to an activating group) is 1. The zero-order valence-corrected chi connectivity index (χ0v) is 10.9. The number of benzene rings is 1. The third-order valence-corrected chi connectivity index (χ3v) is 3.64. The van der Waals surface area contributed by atoms with Crippen molar-refractivity contribution in [1.29, 1.82) is 0 Å². The summed E-state index contributed by atoms with van der Waals surface area (Å²) in [5, 5.41) is 12.9. The SMILES string of the molecule is Cc1ccccc1CC(=O)N(C)[C@H]1CNC[C@@H]1O. The zero-order valence-electron chi connectivity index (χ0n) is 10.9. The van der Waals surface area contributed by atoms with Gasteiger partial charge in [-0.05, 0) is 18.1 Å². The van der Waals surface area contributed by atoms with Gasteiger partial charge in [0.15, 0.2) is 0 Å². The lowest BCUT2D eigenvalue weighted by Gasteiger charge is -2.26. The van der Waals surface area contributed by atoms with Gasteiger partial charge in [0.25, 0.3) is 0 Å². The number of rotatable bonds is 3. The molecule has 1 saturated heterocycles. The number of hydrogen-bond acceptors (Lipinski definition) is 3. The fourth-order valence-corrected chi connectivity index (χ4v) is 2.33. The van der Waals surface area contributed by atoms with Crippen molar-refractivity contribution in [2.45, 2.75) is 25.5 Å². The number of aryl methyl sites for hydroxylation is 1. The van der Waals surface area contributed by atoms with Gasteiger partial charge in [-0.3, -0.25) is 4.79 Å². The lowest BCUT2D eigenvalue weighted by atomic mass is 10.0. The molecule has 2 rings (SSSR count). The predicted molar refractivity (Wildman–Crippen MR) is 70.3 cm³/mol. The first-order valence-electron chi connectivity index (χ1n) is 6.28. The average Bonchev–Trinajstić information content (AvgIpc) is 2.77. The topological polar surface area (TPSA) is 52.6 Å². The van der Waals surface area contributed by atoms with Gasteiger partial charge in [-0.1, -0.05) is 24.3 Å². The summed E-state index contributed by atoms with van der Waals surface area (Å²) in [5.74, 6) is 0.0528. The summed E-state index contributed by atoms with van der Waals surface area (Å²) in [6.07, 6.45) is -0.0670. The van der Waals surface area contributed by atoms with Crippen LogP contribution in [0.2, 0.25) is 0 Å². The first-order valence-corrected chi connectivity index (χ1v) is 6.28. The minimum absolute atomic E-state index is 0.0528. The normalized spacial score (nSPS) is 23.1. The van der Waals surface area contributed by atoms with E-state index in [1.54, 1.807) is 11.9 Å². The minimum Gasteiger partial charge on any atom is -0.390 e. The van der Waals surface area contributed by atoms with E-state index in [-0.39, 0.29) is 11.9 Å². The van der Waals surface area contributed by atoms with Crippen molar-refractivity contribution < 1.29 is 9.90 Å². The van der Waals surface area contributed by atoms with Crippen molar-refractivity contribution in [2.75, 3.05) is 20.1 Å². The van der Waals surface area contributed by atoms with E-state index in [9.17, 15) is 9.90 Å². The molecule has 1 heterocycles. The lowest BCUT2D eigenvalue weighted by molar-refractivity contribution is -0.132. The van der Waals surface area contributed by atoms with Gasteiger partial charge in [0.05, 0.1) is 18.6 Å². The van der Waals surface area contributed by atoms with Crippen LogP contribution in [-0.4, -0.2) is 48.2 Å². The Morgan fingerprint density at radius 1 is 1.44 bits per heavy atom. The van der Waals surface area contributed by atoms with Crippen LogP contribution in [0.25, 0.3) is 0 Å². The molecule has 0 saturated carbocycles. The summed E-state index contributed by atoms with van der Waals surface area (Å²) in [5.41, 5.74) is 2.18. The number of aliphatic hydroxyl groups is 1. The third-order valence-electron chi connectivity index (χ3n) is 3.64. The molecule has 2 atom stereocenters. The molecule has 0 bridgehead atoms. The standard InChI is InChI=1S/C14H20N2O2/c1-10-5-3-4-6-11(10)7-14(18)16(2)12-8-15-9-13(12)17/h3-6,12-13,15,17H,7-9H2,1-2H3/t12-,13-/m0/s1. The quantitative estimate of drug-likeness (QED) is 0.810. The average molecular weight is 248 g/mol. The van der Waals surface area contributed by atoms with Crippen LogP contribution < -0.4 is 5.32 Å². The smallest absolute Gasteiger partial charge is 0.227 e. The highest BCUT2D eigenvalue weighted by Gasteiger charge is 2.30. The van der Waals surface area contributed by atoms with Gasteiger partial charge < -0.3 is 15.3 Å². The summed E-state index contributed by atoms with van der Waals surface area (Å²) in [4.78, 5) is 13.8. The molecule has 2 N–H and O–H groups in total. The molecule has 1 aromatic rings. The van der Waals surface area contributed by atoms with Crippen molar-refractivity contribution in [3.63, 3.8) is 0 Å². The number of nitrogens with one attached hydrogen (secondary N) is 1. The maximum Gasteiger partial charge on any atom is 0.227 e. The van der Waals surface area contributed by atoms with Gasteiger partial charge in [0.2, 0.25) is 5.91 Å². The van der Waals surface area contributed by atoms with E-state index in [2.05, 4.69) is 5.32 Å². The van der Waals surface area contributed by atoms with Crippen molar-refractivity contribution in [2.24, 2.45) is 0 Å². The molecule has 0 aliphatic carbocycles. The Labute approximate surface area is 108 Å². The highest BCUT2D eigenvalue weighted by molar-refractivity contribution is 5.79. The van der Waals surface area contributed by atoms with Crippen molar-refractivity contribution in [1.82, 2.24) is 10.2 Å². The Balaban J connectivity index is 2.02. The van der Waals surface area contributed by atoms with Crippen LogP contribution in [-0.2, 0) is 11.2 Å². The third kappa shape index (κ3) is 2.71. The van der Waals surface area contributed by atoms with Gasteiger partial charge in [-0.2, -0.15) is 0 Å². The molecule has 1 fully saturated rings. The largest absolute Gasteiger partial charge is 0.390 e. The fraction of sp³-hybridized carbons (Fsp3) is 0.500. The van der Waals surface area contributed by atoms with E-state index in [0.29, 0.717) is 19.5 Å². The number of carbonyl (C=O) groups excluding carboxylic acids is 1. The zero-order chi connectivity index (χ0) is 13.1. The minimum atomic E-state index is -0.462. The summed E-state index contributed by atoms with van der Waals surface area (Å²) >= 11 is 0. The Morgan fingerprint density at radius 3 is 2.78 bits per heavy atom. The summed E-state index contributed by atoms with van der Waals surface area (Å²) in [6, 6.07) is 7.79. The molecule has 0 aromatic heterocycles. The molecular weight excluding hydrogens is 228 g/mol. The van der Waals surface area contributed by atoms with Crippen molar-refractivity contribution >= 4 is 5.91 Å². The van der Waals surface area contributed by atoms with E-state index in [0.717, 1.165) is 11.1 Å². The highest BCUT2D eigenvalue weighted by Crippen LogP contribution is 2.12. The van der Waals surface area contributed by atoms with Crippen LogP contribution >= 0.6 is 0 Å². The molecule has 0 unspecified atom stereocenters. The highest BCUT2D eigenvalue weighted by atomic mass is 16.3. The van der Waals surface area contributed by atoms with Crippen LogP contribution in [0.1, 0.15) is 11.1 Å². The maximum absolute atomic E-state index is 12.2. The molecule has 1 amide bonds. The number of aliphatic hydroxyl groups excluding tert-OH is 1. The first-order chi connectivity index (χ1) is 8.59. The van der Waals surface area contributed by atoms with Crippen LogP contribution in [0.3, 0.4) is 0 Å². The second-order valence-corrected chi connectivity index (χ2v) is 4.90. The molecule has 18 heavy (non-hydrogen) atoms. The molecule has 1 aromatic carbocycles. The Kier molecular flexibility index (Phi) is 3.99. The maximum atomic E-state index is 12.2. The molecule has 4 heteroatoms. The van der Waals surface area contributed by atoms with Gasteiger partial charge in [-0.25, -0.2) is 0 Å². The number of nitrogens with zero attached hydrogens (tertiary/aromatic N) is 1. The first kappa shape index (κ1) is 13.1. The van der Waals surface area contributed by atoms with Crippen molar-refractivity contribution in [3.05, 3.63) is 35.4 Å². The molecule has 1 aliphatic heterocycles. The summed E-state index contributed by atoms with van der Waals surface area (Å²) in [6.45, 7) is 3.23. The van der Waals surface area contributed by atoms with Crippen LogP contribution in [0, 0.1) is 6.92 Å². The molecular formula is C14H20N2O2. The number of amides is 1. The van der Waals surface area contributed by atoms with E-state index >= 15 is 0 Å². The Morgan fingerprint density at radius 2 is 2.17 bits per heavy atom. The number of hydrogen-bond donors (Lipinski definition) is 2. The van der Waals surface area contributed by atoms with E-state index in [1.807, 2.05) is 31.2 Å². The lowest BCUT2D eigenvalue weighted by Crippen LogP contribution is -2.44. The van der Waals surface area contributed by atoms with E-state index < -0.39 is 6.10 Å². The Bertz CT molecular complexity index is 434. The van der Waals surface area contributed by atoms with Crippen LogP contribution in [0.15, 0.2) is 24.3 Å². The summed E-state index contributed by atoms with van der Waals surface area (Å²) in [7, 11) is 1.77. The van der Waals surface area contributed by atoms with Gasteiger partial charge in [-0.15, -0.1) is 0 Å². The monoisotopic (exact) mass is 248 g/mol. The second kappa shape index (κ2) is 5.50. The molecule has 0 spiro atoms. The van der Waals surface area contributed by atoms with Gasteiger partial charge in [0.1, 0.15) is 0 Å². The summed E-state index contributed by atoms with van der Waals surface area (Å²) < 4.78 is 0. The second-order valence-electron chi connectivity index (χ2n) is 4.90. The molecule has 1 aliphatic rings. The molecule has 4 nitrogen and oxygen atoms in total. The van der Waals surface area contributed by atoms with Crippen LogP contribution in [0.4, 0.5) is 0 Å². The number of β-amino-alcohol motifs (C(OH)–C–C–N with tert-alkyl or cyclic N) is 1. The van der Waals surface area contributed by atoms with Crippen molar-refractivity contribution in [3.8, 4) is 0 Å². The Hall–Kier alpha value is -1.39. The fourth-order valence-electron chi connectivity index (χ4n) is 2.33. The van der Waals surface area contributed by atoms with Gasteiger partial charge >= 0.3 is 0 Å².